The van der Waals surface area contributed by atoms with Gasteiger partial charge in [-0.25, -0.2) is 4.98 Å². The Balaban J connectivity index is 2.01. The molecule has 0 aliphatic rings. The van der Waals surface area contributed by atoms with Crippen molar-refractivity contribution >= 4 is 11.0 Å². The highest BCUT2D eigenvalue weighted by Crippen LogP contribution is 2.23. The maximum atomic E-state index is 8.74. The lowest BCUT2D eigenvalue weighted by molar-refractivity contribution is 0.415. The molecule has 1 heterocycles. The number of hydrogen-bond donors (Lipinski definition) is 1. The third-order valence-electron chi connectivity index (χ3n) is 3.19. The monoisotopic (exact) mass is 263 g/mol. The van der Waals surface area contributed by atoms with E-state index in [4.69, 9.17) is 10.00 Å². The Morgan fingerprint density at radius 2 is 2.00 bits per heavy atom. The van der Waals surface area contributed by atoms with Gasteiger partial charge in [-0.05, 0) is 42.0 Å². The molecular formula is C16H13N3O. The van der Waals surface area contributed by atoms with E-state index in [2.05, 4.69) is 16.0 Å². The molecule has 0 radical (unpaired) electrons. The van der Waals surface area contributed by atoms with Crippen LogP contribution < -0.4 is 4.74 Å². The zero-order valence-electron chi connectivity index (χ0n) is 11.1. The first kappa shape index (κ1) is 12.2. The van der Waals surface area contributed by atoms with Crippen molar-refractivity contribution in [1.82, 2.24) is 9.97 Å². The van der Waals surface area contributed by atoms with E-state index in [-0.39, 0.29) is 0 Å². The fourth-order valence-electron chi connectivity index (χ4n) is 2.14. The van der Waals surface area contributed by atoms with Crippen molar-refractivity contribution < 1.29 is 4.74 Å². The van der Waals surface area contributed by atoms with Gasteiger partial charge in [-0.3, -0.25) is 0 Å². The summed E-state index contributed by atoms with van der Waals surface area (Å²) in [6.45, 7) is 0. The van der Waals surface area contributed by atoms with Crippen molar-refractivity contribution in [3.63, 3.8) is 0 Å². The van der Waals surface area contributed by atoms with E-state index in [0.29, 0.717) is 6.42 Å². The first-order chi connectivity index (χ1) is 9.80. The number of fused-ring (bicyclic) bond motifs is 1. The number of aromatic amines is 1. The number of imidazole rings is 1. The van der Waals surface area contributed by atoms with Gasteiger partial charge in [0.05, 0.1) is 30.6 Å². The van der Waals surface area contributed by atoms with Crippen LogP contribution in [-0.4, -0.2) is 17.1 Å². The predicted molar refractivity (Wildman–Crippen MR) is 77.4 cm³/mol. The summed E-state index contributed by atoms with van der Waals surface area (Å²) in [6.07, 6.45) is 0.410. The smallest absolute Gasteiger partial charge is 0.138 e. The van der Waals surface area contributed by atoms with Gasteiger partial charge in [0.25, 0.3) is 0 Å². The van der Waals surface area contributed by atoms with Crippen LogP contribution >= 0.6 is 0 Å². The van der Waals surface area contributed by atoms with Gasteiger partial charge in [-0.1, -0.05) is 6.07 Å². The van der Waals surface area contributed by atoms with Gasteiger partial charge >= 0.3 is 0 Å². The van der Waals surface area contributed by atoms with Crippen LogP contribution in [0.4, 0.5) is 0 Å². The van der Waals surface area contributed by atoms with Gasteiger partial charge in [0.1, 0.15) is 11.6 Å². The lowest BCUT2D eigenvalue weighted by Gasteiger charge is -2.00. The standard InChI is InChI=1S/C16H13N3O/c1-20-13-5-3-12(4-6-13)16-18-14-7-2-11(8-9-17)10-15(14)19-16/h2-7,10H,8H2,1H3,(H,18,19). The van der Waals surface area contributed by atoms with Gasteiger partial charge in [0.2, 0.25) is 0 Å². The van der Waals surface area contributed by atoms with Gasteiger partial charge in [0.15, 0.2) is 0 Å². The van der Waals surface area contributed by atoms with Crippen molar-refractivity contribution in [1.29, 1.82) is 5.26 Å². The Bertz CT molecular complexity index is 782. The minimum atomic E-state index is 0.410. The van der Waals surface area contributed by atoms with E-state index < -0.39 is 0 Å². The third kappa shape index (κ3) is 2.21. The summed E-state index contributed by atoms with van der Waals surface area (Å²) < 4.78 is 5.15. The Labute approximate surface area is 116 Å². The summed E-state index contributed by atoms with van der Waals surface area (Å²) in [5.74, 6) is 1.64. The van der Waals surface area contributed by atoms with Crippen LogP contribution in [0.5, 0.6) is 5.75 Å². The Kier molecular flexibility index (Phi) is 3.10. The molecular weight excluding hydrogens is 250 g/mol. The zero-order chi connectivity index (χ0) is 13.9. The number of hydrogen-bond acceptors (Lipinski definition) is 3. The summed E-state index contributed by atoms with van der Waals surface area (Å²) in [5.41, 5.74) is 3.84. The summed E-state index contributed by atoms with van der Waals surface area (Å²) in [7, 11) is 1.65. The molecule has 0 aliphatic carbocycles. The highest BCUT2D eigenvalue weighted by Gasteiger charge is 2.06. The van der Waals surface area contributed by atoms with E-state index in [1.54, 1.807) is 7.11 Å². The summed E-state index contributed by atoms with van der Waals surface area (Å²) >= 11 is 0. The molecule has 0 saturated heterocycles. The molecule has 98 valence electrons. The topological polar surface area (TPSA) is 61.7 Å². The van der Waals surface area contributed by atoms with E-state index >= 15 is 0 Å². The van der Waals surface area contributed by atoms with Crippen LogP contribution in [0, 0.1) is 11.3 Å². The Morgan fingerprint density at radius 1 is 1.20 bits per heavy atom. The Hall–Kier alpha value is -2.80. The minimum Gasteiger partial charge on any atom is -0.497 e. The van der Waals surface area contributed by atoms with Gasteiger partial charge in [-0.2, -0.15) is 5.26 Å². The average molecular weight is 263 g/mol. The molecule has 4 heteroatoms. The summed E-state index contributed by atoms with van der Waals surface area (Å²) in [6, 6.07) is 15.7. The van der Waals surface area contributed by atoms with Crippen LogP contribution in [-0.2, 0) is 6.42 Å². The molecule has 0 saturated carbocycles. The molecule has 0 spiro atoms. The quantitative estimate of drug-likeness (QED) is 0.788. The third-order valence-corrected chi connectivity index (χ3v) is 3.19. The average Bonchev–Trinajstić information content (AvgIpc) is 2.91. The van der Waals surface area contributed by atoms with Crippen LogP contribution in [0.25, 0.3) is 22.4 Å². The zero-order valence-corrected chi connectivity index (χ0v) is 11.1. The van der Waals surface area contributed by atoms with Gasteiger partial charge < -0.3 is 9.72 Å². The fourth-order valence-corrected chi connectivity index (χ4v) is 2.14. The SMILES string of the molecule is COc1ccc(-c2nc3ccc(CC#N)cc3[nH]2)cc1. The molecule has 0 amide bonds. The number of H-pyrrole nitrogens is 1. The number of nitrogens with zero attached hydrogens (tertiary/aromatic N) is 2. The predicted octanol–water partition coefficient (Wildman–Crippen LogP) is 3.30. The van der Waals surface area contributed by atoms with E-state index in [0.717, 1.165) is 33.7 Å². The molecule has 3 aromatic rings. The molecule has 4 nitrogen and oxygen atoms in total. The van der Waals surface area contributed by atoms with E-state index in [9.17, 15) is 0 Å². The summed E-state index contributed by atoms with van der Waals surface area (Å²) in [4.78, 5) is 7.85. The second kappa shape index (κ2) is 5.06. The molecule has 0 unspecified atom stereocenters. The highest BCUT2D eigenvalue weighted by molar-refractivity contribution is 5.80. The van der Waals surface area contributed by atoms with Crippen molar-refractivity contribution in [3.8, 4) is 23.2 Å². The summed E-state index contributed by atoms with van der Waals surface area (Å²) in [5, 5.41) is 8.74. The van der Waals surface area contributed by atoms with Crippen LogP contribution in [0.2, 0.25) is 0 Å². The van der Waals surface area contributed by atoms with E-state index in [1.807, 2.05) is 42.5 Å². The number of rotatable bonds is 3. The highest BCUT2D eigenvalue weighted by atomic mass is 16.5. The molecule has 3 rings (SSSR count). The molecule has 0 atom stereocenters. The second-order valence-corrected chi connectivity index (χ2v) is 4.50. The first-order valence-corrected chi connectivity index (χ1v) is 6.30. The van der Waals surface area contributed by atoms with E-state index in [1.165, 1.54) is 0 Å². The lowest BCUT2D eigenvalue weighted by Crippen LogP contribution is -1.83. The number of aromatic nitrogens is 2. The molecule has 0 aliphatic heterocycles. The number of nitriles is 1. The first-order valence-electron chi connectivity index (χ1n) is 6.30. The van der Waals surface area contributed by atoms with Crippen LogP contribution in [0.3, 0.4) is 0 Å². The number of nitrogens with one attached hydrogen (secondary N) is 1. The van der Waals surface area contributed by atoms with Crippen molar-refractivity contribution in [2.75, 3.05) is 7.11 Å². The van der Waals surface area contributed by atoms with Crippen LogP contribution in [0.15, 0.2) is 42.5 Å². The number of methoxy groups -OCH3 is 1. The minimum absolute atomic E-state index is 0.410. The van der Waals surface area contributed by atoms with Crippen molar-refractivity contribution in [2.45, 2.75) is 6.42 Å². The molecule has 0 bridgehead atoms. The van der Waals surface area contributed by atoms with Gasteiger partial charge in [-0.15, -0.1) is 0 Å². The molecule has 1 N–H and O–H groups in total. The largest absolute Gasteiger partial charge is 0.497 e. The Morgan fingerprint density at radius 3 is 2.70 bits per heavy atom. The van der Waals surface area contributed by atoms with Crippen LogP contribution in [0.1, 0.15) is 5.56 Å². The molecule has 1 aromatic heterocycles. The normalized spacial score (nSPS) is 10.4. The second-order valence-electron chi connectivity index (χ2n) is 4.50. The fraction of sp³-hybridized carbons (Fsp3) is 0.125. The van der Waals surface area contributed by atoms with Crippen molar-refractivity contribution in [3.05, 3.63) is 48.0 Å². The number of ether oxygens (including phenoxy) is 1. The maximum Gasteiger partial charge on any atom is 0.138 e. The lowest BCUT2D eigenvalue weighted by atomic mass is 10.1. The maximum absolute atomic E-state index is 8.74. The number of benzene rings is 2. The molecule has 0 fully saturated rings. The molecule has 20 heavy (non-hydrogen) atoms. The molecule has 2 aromatic carbocycles. The van der Waals surface area contributed by atoms with Gasteiger partial charge in [0, 0.05) is 5.56 Å². The van der Waals surface area contributed by atoms with Crippen molar-refractivity contribution in [2.24, 2.45) is 0 Å².